The first-order valence-electron chi connectivity index (χ1n) is 9.42. The Morgan fingerprint density at radius 2 is 1.29 bits per heavy atom. The van der Waals surface area contributed by atoms with Crippen molar-refractivity contribution >= 4 is 5.78 Å². The molecule has 0 atom stereocenters. The highest BCUT2D eigenvalue weighted by molar-refractivity contribution is 5.89. The lowest BCUT2D eigenvalue weighted by Crippen LogP contribution is -2.12. The first-order chi connectivity index (χ1) is 10.2. The molecule has 0 amide bonds. The highest BCUT2D eigenvalue weighted by Crippen LogP contribution is 2.48. The molecule has 1 aliphatic rings. The molecule has 0 aromatic heterocycles. The predicted molar refractivity (Wildman–Crippen MR) is 92.6 cm³/mol. The summed E-state index contributed by atoms with van der Waals surface area (Å²) in [5.41, 5.74) is -0.0855. The minimum absolute atomic E-state index is 0.0855. The molecule has 1 aliphatic carbocycles. The Bertz CT molecular complexity index is 288. The van der Waals surface area contributed by atoms with Crippen LogP contribution in [0.25, 0.3) is 0 Å². The number of carbonyl (C=O) groups excluding carboxylic acids is 1. The largest absolute Gasteiger partial charge is 0.299 e. The molecule has 0 radical (unpaired) electrons. The summed E-state index contributed by atoms with van der Waals surface area (Å²) in [5.74, 6) is 0.449. The van der Waals surface area contributed by atoms with Crippen LogP contribution in [0, 0.1) is 5.41 Å². The maximum Gasteiger partial charge on any atom is 0.142 e. The molecule has 0 aromatic rings. The first-order valence-corrected chi connectivity index (χ1v) is 9.42. The van der Waals surface area contributed by atoms with Crippen LogP contribution in [0.5, 0.6) is 0 Å². The molecule has 0 spiro atoms. The van der Waals surface area contributed by atoms with Gasteiger partial charge in [-0.1, -0.05) is 83.6 Å². The van der Waals surface area contributed by atoms with Gasteiger partial charge in [-0.3, -0.25) is 4.79 Å². The van der Waals surface area contributed by atoms with Crippen LogP contribution in [0.1, 0.15) is 103 Å². The van der Waals surface area contributed by atoms with Crippen molar-refractivity contribution in [1.29, 1.82) is 0 Å². The summed E-state index contributed by atoms with van der Waals surface area (Å²) in [7, 11) is 0. The van der Waals surface area contributed by atoms with Gasteiger partial charge in [-0.15, -0.1) is 6.58 Å². The van der Waals surface area contributed by atoms with E-state index in [-0.39, 0.29) is 5.41 Å². The van der Waals surface area contributed by atoms with Gasteiger partial charge in [0.15, 0.2) is 0 Å². The molecule has 1 heteroatoms. The number of Topliss-reactive ketones (excluding diaryl/α,β-unsaturated/α-hetero) is 1. The Kier molecular flexibility index (Phi) is 9.70. The maximum absolute atomic E-state index is 12.0. The molecule has 0 aromatic carbocycles. The van der Waals surface area contributed by atoms with Crippen LogP contribution in [0.2, 0.25) is 0 Å². The third-order valence-electron chi connectivity index (χ3n) is 4.99. The smallest absolute Gasteiger partial charge is 0.142 e. The van der Waals surface area contributed by atoms with Crippen LogP contribution in [-0.2, 0) is 4.79 Å². The van der Waals surface area contributed by atoms with Gasteiger partial charge in [0.1, 0.15) is 5.78 Å². The fourth-order valence-corrected chi connectivity index (χ4v) is 3.11. The molecule has 1 fully saturated rings. The summed E-state index contributed by atoms with van der Waals surface area (Å²) in [6.45, 7) is 6.08. The van der Waals surface area contributed by atoms with E-state index >= 15 is 0 Å². The van der Waals surface area contributed by atoms with E-state index in [1.54, 1.807) is 0 Å². The van der Waals surface area contributed by atoms with Crippen molar-refractivity contribution in [3.8, 4) is 0 Å². The van der Waals surface area contributed by atoms with Gasteiger partial charge in [0.05, 0.1) is 0 Å². The normalized spacial score (nSPS) is 15.9. The number of hydrogen-bond acceptors (Lipinski definition) is 1. The van der Waals surface area contributed by atoms with Crippen LogP contribution in [0.3, 0.4) is 0 Å². The van der Waals surface area contributed by atoms with Crippen molar-refractivity contribution in [2.24, 2.45) is 5.41 Å². The van der Waals surface area contributed by atoms with Gasteiger partial charge in [0.25, 0.3) is 0 Å². The van der Waals surface area contributed by atoms with E-state index in [1.807, 2.05) is 6.08 Å². The van der Waals surface area contributed by atoms with Crippen LogP contribution >= 0.6 is 0 Å². The maximum atomic E-state index is 12.0. The van der Waals surface area contributed by atoms with Crippen LogP contribution in [-0.4, -0.2) is 5.78 Å². The van der Waals surface area contributed by atoms with Crippen LogP contribution in [0.15, 0.2) is 12.7 Å². The van der Waals surface area contributed by atoms with Crippen molar-refractivity contribution in [2.45, 2.75) is 103 Å². The van der Waals surface area contributed by atoms with Crippen LogP contribution in [0.4, 0.5) is 0 Å². The molecule has 0 heterocycles. The molecule has 21 heavy (non-hydrogen) atoms. The second kappa shape index (κ2) is 11.0. The van der Waals surface area contributed by atoms with Gasteiger partial charge in [0, 0.05) is 11.8 Å². The first kappa shape index (κ1) is 18.5. The lowest BCUT2D eigenvalue weighted by atomic mass is 9.96. The van der Waals surface area contributed by atoms with Crippen molar-refractivity contribution in [2.75, 3.05) is 0 Å². The zero-order valence-electron chi connectivity index (χ0n) is 14.3. The summed E-state index contributed by atoms with van der Waals surface area (Å²) >= 11 is 0. The van der Waals surface area contributed by atoms with Gasteiger partial charge >= 0.3 is 0 Å². The predicted octanol–water partition coefficient (Wildman–Crippen LogP) is 6.61. The molecular weight excluding hydrogens is 256 g/mol. The third-order valence-corrected chi connectivity index (χ3v) is 4.99. The van der Waals surface area contributed by atoms with Gasteiger partial charge in [-0.25, -0.2) is 0 Å². The van der Waals surface area contributed by atoms with Gasteiger partial charge in [-0.2, -0.15) is 0 Å². The topological polar surface area (TPSA) is 17.1 Å². The van der Waals surface area contributed by atoms with Crippen LogP contribution < -0.4 is 0 Å². The fraction of sp³-hybridized carbons (Fsp3) is 0.850. The van der Waals surface area contributed by atoms with E-state index in [2.05, 4.69) is 13.5 Å². The Balaban J connectivity index is 1.79. The van der Waals surface area contributed by atoms with E-state index in [1.165, 1.54) is 70.6 Å². The van der Waals surface area contributed by atoms with E-state index in [4.69, 9.17) is 0 Å². The van der Waals surface area contributed by atoms with E-state index in [9.17, 15) is 4.79 Å². The molecule has 0 saturated heterocycles. The second-order valence-electron chi connectivity index (χ2n) is 6.92. The molecule has 1 saturated carbocycles. The Hall–Kier alpha value is -0.590. The number of hydrogen-bond donors (Lipinski definition) is 0. The lowest BCUT2D eigenvalue weighted by molar-refractivity contribution is -0.122. The Morgan fingerprint density at radius 1 is 0.857 bits per heavy atom. The highest BCUT2D eigenvalue weighted by Gasteiger charge is 2.45. The standard InChI is InChI=1S/C20H36O/c1-3-5-6-7-8-9-10-11-12-13-14-15-16-19(21)20(4-2)17-18-20/h4H,2-3,5-18H2,1H3. The van der Waals surface area contributed by atoms with E-state index < -0.39 is 0 Å². The summed E-state index contributed by atoms with van der Waals surface area (Å²) in [6.07, 6.45) is 21.0. The fourth-order valence-electron chi connectivity index (χ4n) is 3.11. The highest BCUT2D eigenvalue weighted by atomic mass is 16.1. The molecule has 0 bridgehead atoms. The minimum atomic E-state index is -0.0855. The molecule has 0 N–H and O–H groups in total. The number of ketones is 1. The summed E-state index contributed by atoms with van der Waals surface area (Å²) in [4.78, 5) is 12.0. The Labute approximate surface area is 132 Å². The van der Waals surface area contributed by atoms with E-state index in [0.717, 1.165) is 25.7 Å². The molecular formula is C20H36O. The zero-order valence-corrected chi connectivity index (χ0v) is 14.3. The molecule has 122 valence electrons. The van der Waals surface area contributed by atoms with Gasteiger partial charge < -0.3 is 0 Å². The van der Waals surface area contributed by atoms with Crippen molar-refractivity contribution in [3.63, 3.8) is 0 Å². The van der Waals surface area contributed by atoms with Crippen molar-refractivity contribution in [1.82, 2.24) is 0 Å². The number of rotatable bonds is 15. The molecule has 1 nitrogen and oxygen atoms in total. The summed E-state index contributed by atoms with van der Waals surface area (Å²) in [5, 5.41) is 0. The molecule has 0 unspecified atom stereocenters. The summed E-state index contributed by atoms with van der Waals surface area (Å²) in [6, 6.07) is 0. The molecule has 0 aliphatic heterocycles. The third kappa shape index (κ3) is 7.83. The number of carbonyl (C=O) groups is 1. The van der Waals surface area contributed by atoms with Gasteiger partial charge in [0.2, 0.25) is 0 Å². The number of unbranched alkanes of at least 4 members (excludes halogenated alkanes) is 11. The average Bonchev–Trinajstić information content (AvgIpc) is 3.29. The number of allylic oxidation sites excluding steroid dienone is 1. The zero-order chi connectivity index (χ0) is 15.4. The van der Waals surface area contributed by atoms with Crippen molar-refractivity contribution in [3.05, 3.63) is 12.7 Å². The van der Waals surface area contributed by atoms with Crippen molar-refractivity contribution < 1.29 is 4.79 Å². The van der Waals surface area contributed by atoms with E-state index in [0.29, 0.717) is 5.78 Å². The minimum Gasteiger partial charge on any atom is -0.299 e. The average molecular weight is 293 g/mol. The molecule has 1 rings (SSSR count). The lowest BCUT2D eigenvalue weighted by Gasteiger charge is -2.07. The quantitative estimate of drug-likeness (QED) is 0.245. The SMILES string of the molecule is C=CC1(C(=O)CCCCCCCCCCCCCC)CC1. The monoisotopic (exact) mass is 292 g/mol. The second-order valence-corrected chi connectivity index (χ2v) is 6.92. The summed E-state index contributed by atoms with van der Waals surface area (Å²) < 4.78 is 0. The van der Waals surface area contributed by atoms with Gasteiger partial charge in [-0.05, 0) is 19.3 Å². The Morgan fingerprint density at radius 3 is 1.67 bits per heavy atom.